The van der Waals surface area contributed by atoms with Crippen molar-refractivity contribution in [2.24, 2.45) is 5.92 Å². The van der Waals surface area contributed by atoms with Gasteiger partial charge in [-0.3, -0.25) is 0 Å². The number of halogens is 2. The van der Waals surface area contributed by atoms with Crippen molar-refractivity contribution in [2.75, 3.05) is 27.2 Å². The number of hydrogen-bond acceptors (Lipinski definition) is 2. The van der Waals surface area contributed by atoms with E-state index < -0.39 is 0 Å². The molecule has 3 aromatic rings. The van der Waals surface area contributed by atoms with Gasteiger partial charge >= 0.3 is 0 Å². The van der Waals surface area contributed by atoms with Gasteiger partial charge in [0, 0.05) is 23.0 Å². The number of ether oxygens (including phenoxy) is 1. The lowest BCUT2D eigenvalue weighted by atomic mass is 9.59. The molecule has 1 fully saturated rings. The summed E-state index contributed by atoms with van der Waals surface area (Å²) in [5.41, 5.74) is 5.49. The molecule has 28 heavy (non-hydrogen) atoms. The van der Waals surface area contributed by atoms with Gasteiger partial charge in [-0.2, -0.15) is 0 Å². The highest BCUT2D eigenvalue weighted by Gasteiger charge is 2.47. The Morgan fingerprint density at radius 3 is 2.86 bits per heavy atom. The summed E-state index contributed by atoms with van der Waals surface area (Å²) < 4.78 is 5.54. The van der Waals surface area contributed by atoms with Crippen molar-refractivity contribution in [3.63, 3.8) is 0 Å². The van der Waals surface area contributed by atoms with Crippen LogP contribution in [0.15, 0.2) is 42.5 Å². The number of aromatic nitrogens is 1. The zero-order valence-corrected chi connectivity index (χ0v) is 17.9. The number of aromatic amines is 1. The average molecular weight is 417 g/mol. The Hall–Kier alpha value is -1.68. The maximum atomic E-state index is 6.49. The Kier molecular flexibility index (Phi) is 5.11. The summed E-state index contributed by atoms with van der Waals surface area (Å²) in [4.78, 5) is 6.16. The number of benzene rings is 2. The molecule has 3 nitrogen and oxygen atoms in total. The molecule has 148 valence electrons. The first-order chi connectivity index (χ1) is 13.1. The van der Waals surface area contributed by atoms with Crippen LogP contribution in [0, 0.1) is 5.92 Å². The molecule has 5 rings (SSSR count). The van der Waals surface area contributed by atoms with Gasteiger partial charge in [0.05, 0.1) is 17.6 Å². The molecular formula is C23H26Cl2N2O. The molecule has 1 aliphatic heterocycles. The fraction of sp³-hybridized carbons (Fsp3) is 0.391. The van der Waals surface area contributed by atoms with E-state index in [2.05, 4.69) is 47.3 Å². The molecule has 1 N–H and O–H groups in total. The van der Waals surface area contributed by atoms with E-state index in [0.29, 0.717) is 5.92 Å². The molecule has 2 atom stereocenters. The van der Waals surface area contributed by atoms with E-state index in [1.807, 2.05) is 12.1 Å². The summed E-state index contributed by atoms with van der Waals surface area (Å²) in [6, 6.07) is 15.0. The van der Waals surface area contributed by atoms with E-state index in [9.17, 15) is 0 Å². The van der Waals surface area contributed by atoms with E-state index in [1.165, 1.54) is 28.6 Å². The number of rotatable bonds is 2. The summed E-state index contributed by atoms with van der Waals surface area (Å²) in [5.74, 6) is 1.54. The van der Waals surface area contributed by atoms with Crippen LogP contribution in [0.4, 0.5) is 0 Å². The van der Waals surface area contributed by atoms with Crippen molar-refractivity contribution < 1.29 is 4.74 Å². The van der Waals surface area contributed by atoms with E-state index in [-0.39, 0.29) is 17.8 Å². The molecular weight excluding hydrogens is 391 g/mol. The molecule has 2 aromatic carbocycles. The molecule has 1 aromatic heterocycles. The third kappa shape index (κ3) is 2.92. The average Bonchev–Trinajstić information content (AvgIpc) is 3.05. The zero-order chi connectivity index (χ0) is 18.6. The van der Waals surface area contributed by atoms with Crippen LogP contribution in [0.5, 0.6) is 5.75 Å². The predicted octanol–water partition coefficient (Wildman–Crippen LogP) is 5.24. The second kappa shape index (κ2) is 7.29. The lowest BCUT2D eigenvalue weighted by Crippen LogP contribution is -2.52. The molecule has 0 radical (unpaired) electrons. The minimum absolute atomic E-state index is 0. The minimum Gasteiger partial charge on any atom is -0.497 e. The molecule has 0 spiro atoms. The van der Waals surface area contributed by atoms with Crippen LogP contribution in [0.2, 0.25) is 5.02 Å². The van der Waals surface area contributed by atoms with Crippen LogP contribution in [-0.2, 0) is 18.3 Å². The SMILES string of the molecule is COc1cccc(C23CCN(C)CC2Cc2c([nH]c4c(Cl)cccc24)C3)c1.Cl. The monoisotopic (exact) mass is 416 g/mol. The lowest BCUT2D eigenvalue weighted by Gasteiger charge is -2.50. The van der Waals surface area contributed by atoms with Crippen molar-refractivity contribution >= 4 is 34.9 Å². The van der Waals surface area contributed by atoms with Gasteiger partial charge in [0.2, 0.25) is 0 Å². The van der Waals surface area contributed by atoms with Crippen LogP contribution in [0.1, 0.15) is 23.2 Å². The molecule has 2 aliphatic rings. The minimum atomic E-state index is 0. The van der Waals surface area contributed by atoms with Gasteiger partial charge in [-0.05, 0) is 68.1 Å². The van der Waals surface area contributed by atoms with E-state index in [1.54, 1.807) is 7.11 Å². The van der Waals surface area contributed by atoms with E-state index >= 15 is 0 Å². The fourth-order valence-electron chi connectivity index (χ4n) is 5.38. The van der Waals surface area contributed by atoms with Crippen molar-refractivity contribution in [1.29, 1.82) is 0 Å². The predicted molar refractivity (Wildman–Crippen MR) is 118 cm³/mol. The number of methoxy groups -OCH3 is 1. The number of piperidine rings is 1. The normalized spacial score (nSPS) is 24.3. The molecule has 2 unspecified atom stereocenters. The molecule has 5 heteroatoms. The summed E-state index contributed by atoms with van der Waals surface area (Å²) in [6.45, 7) is 2.26. The number of nitrogens with one attached hydrogen (secondary N) is 1. The highest BCUT2D eigenvalue weighted by Crippen LogP contribution is 2.49. The maximum Gasteiger partial charge on any atom is 0.119 e. The number of fused-ring (bicyclic) bond motifs is 4. The second-order valence-electron chi connectivity index (χ2n) is 8.22. The van der Waals surface area contributed by atoms with E-state index in [4.69, 9.17) is 16.3 Å². The molecule has 1 aliphatic carbocycles. The number of para-hydroxylation sites is 1. The van der Waals surface area contributed by atoms with Crippen molar-refractivity contribution in [3.8, 4) is 5.75 Å². The molecule has 0 saturated carbocycles. The third-order valence-electron chi connectivity index (χ3n) is 6.82. The molecule has 0 amide bonds. The maximum absolute atomic E-state index is 6.49. The highest BCUT2D eigenvalue weighted by molar-refractivity contribution is 6.35. The first-order valence-electron chi connectivity index (χ1n) is 9.72. The fourth-order valence-corrected chi connectivity index (χ4v) is 5.60. The van der Waals surface area contributed by atoms with Gasteiger partial charge in [0.25, 0.3) is 0 Å². The van der Waals surface area contributed by atoms with Gasteiger partial charge in [-0.1, -0.05) is 35.9 Å². The number of nitrogens with zero attached hydrogens (tertiary/aromatic N) is 1. The first kappa shape index (κ1) is 19.6. The largest absolute Gasteiger partial charge is 0.497 e. The van der Waals surface area contributed by atoms with Crippen molar-refractivity contribution in [1.82, 2.24) is 9.88 Å². The summed E-state index contributed by atoms with van der Waals surface area (Å²) in [7, 11) is 4.00. The number of likely N-dealkylation sites (tertiary alicyclic amines) is 1. The first-order valence-corrected chi connectivity index (χ1v) is 10.1. The van der Waals surface area contributed by atoms with Crippen LogP contribution in [0.25, 0.3) is 10.9 Å². The lowest BCUT2D eigenvalue weighted by molar-refractivity contribution is 0.0994. The Balaban J connectivity index is 0.00000192. The van der Waals surface area contributed by atoms with Crippen LogP contribution in [0.3, 0.4) is 0 Å². The van der Waals surface area contributed by atoms with Crippen molar-refractivity contribution in [3.05, 3.63) is 64.3 Å². The Morgan fingerprint density at radius 1 is 1.21 bits per heavy atom. The molecule has 0 bridgehead atoms. The Labute approximate surface area is 177 Å². The van der Waals surface area contributed by atoms with Gasteiger partial charge in [-0.15, -0.1) is 12.4 Å². The quantitative estimate of drug-likeness (QED) is 0.618. The number of hydrogen-bond donors (Lipinski definition) is 1. The van der Waals surface area contributed by atoms with Gasteiger partial charge < -0.3 is 14.6 Å². The topological polar surface area (TPSA) is 28.3 Å². The van der Waals surface area contributed by atoms with Crippen LogP contribution >= 0.6 is 24.0 Å². The standard InChI is InChI=1S/C23H25ClN2O.ClH/c1-26-10-9-23(15-5-3-6-17(11-15)27-2)13-21-19(12-16(23)14-26)18-7-4-8-20(24)22(18)25-21;/h3-8,11,16,25H,9-10,12-14H2,1-2H3;1H. The summed E-state index contributed by atoms with van der Waals surface area (Å²) >= 11 is 6.49. The Bertz CT molecular complexity index is 1020. The van der Waals surface area contributed by atoms with Gasteiger partial charge in [0.15, 0.2) is 0 Å². The van der Waals surface area contributed by atoms with Crippen molar-refractivity contribution in [2.45, 2.75) is 24.7 Å². The second-order valence-corrected chi connectivity index (χ2v) is 8.63. The van der Waals surface area contributed by atoms with Gasteiger partial charge in [-0.25, -0.2) is 0 Å². The van der Waals surface area contributed by atoms with Crippen LogP contribution < -0.4 is 4.74 Å². The molecule has 2 heterocycles. The highest BCUT2D eigenvalue weighted by atomic mass is 35.5. The molecule has 1 saturated heterocycles. The Morgan fingerprint density at radius 2 is 2.04 bits per heavy atom. The number of H-pyrrole nitrogens is 1. The van der Waals surface area contributed by atoms with Gasteiger partial charge in [0.1, 0.15) is 5.75 Å². The van der Waals surface area contributed by atoms with Crippen LogP contribution in [-0.4, -0.2) is 37.1 Å². The summed E-state index contributed by atoms with van der Waals surface area (Å²) in [6.07, 6.45) is 3.31. The summed E-state index contributed by atoms with van der Waals surface area (Å²) in [5, 5.41) is 2.11. The zero-order valence-electron chi connectivity index (χ0n) is 16.3. The third-order valence-corrected chi connectivity index (χ3v) is 7.13. The van der Waals surface area contributed by atoms with E-state index in [0.717, 1.165) is 42.2 Å². The smallest absolute Gasteiger partial charge is 0.119 e.